The van der Waals surface area contributed by atoms with Crippen molar-refractivity contribution in [1.82, 2.24) is 0 Å². The van der Waals surface area contributed by atoms with Crippen LogP contribution >= 0.6 is 0 Å². The van der Waals surface area contributed by atoms with Gasteiger partial charge in [0.05, 0.1) is 12.7 Å². The lowest BCUT2D eigenvalue weighted by Gasteiger charge is -2.44. The van der Waals surface area contributed by atoms with Gasteiger partial charge in [-0.15, -0.1) is 0 Å². The van der Waals surface area contributed by atoms with Gasteiger partial charge in [0.1, 0.15) is 24.4 Å². The summed E-state index contributed by atoms with van der Waals surface area (Å²) in [6.45, 7) is 6.32. The normalized spacial score (nSPS) is 53.9. The first kappa shape index (κ1) is 16.6. The van der Waals surface area contributed by atoms with Crippen LogP contribution in [0.15, 0.2) is 0 Å². The summed E-state index contributed by atoms with van der Waals surface area (Å²) in [5.74, 6) is 0.590. The number of hydrogen-bond acceptors (Lipinski definition) is 6. The van der Waals surface area contributed by atoms with Gasteiger partial charge in [-0.1, -0.05) is 20.8 Å². The smallest absolute Gasteiger partial charge is 0.186 e. The first-order valence-electron chi connectivity index (χ1n) is 8.18. The highest BCUT2D eigenvalue weighted by Gasteiger charge is 2.63. The summed E-state index contributed by atoms with van der Waals surface area (Å²) in [6, 6.07) is 0. The zero-order valence-corrected chi connectivity index (χ0v) is 13.5. The molecule has 1 aliphatic heterocycles. The Bertz CT molecular complexity index is 425. The molecule has 128 valence electrons. The summed E-state index contributed by atoms with van der Waals surface area (Å²) >= 11 is 0. The highest BCUT2D eigenvalue weighted by Crippen LogP contribution is 2.66. The van der Waals surface area contributed by atoms with E-state index < -0.39 is 37.3 Å². The van der Waals surface area contributed by atoms with Gasteiger partial charge in [0.2, 0.25) is 0 Å². The summed E-state index contributed by atoms with van der Waals surface area (Å²) < 4.78 is 11.5. The molecule has 6 nitrogen and oxygen atoms in total. The lowest BCUT2D eigenvalue weighted by atomic mass is 9.70. The Hall–Kier alpha value is -0.240. The molecule has 2 saturated carbocycles. The number of ether oxygens (including phenoxy) is 2. The SMILES string of the molecule is CC1(C)C2CCC1(C)C(OC1O[C@H](CO)[C@@H](O)[C@H](O)[C@H]1O)C2. The van der Waals surface area contributed by atoms with E-state index in [9.17, 15) is 20.4 Å². The van der Waals surface area contributed by atoms with Gasteiger partial charge in [0.25, 0.3) is 0 Å². The van der Waals surface area contributed by atoms with Crippen molar-refractivity contribution in [2.45, 2.75) is 76.8 Å². The van der Waals surface area contributed by atoms with Gasteiger partial charge in [0, 0.05) is 0 Å². The number of rotatable bonds is 3. The van der Waals surface area contributed by atoms with Crippen LogP contribution in [-0.4, -0.2) is 63.8 Å². The molecule has 3 rings (SSSR count). The third kappa shape index (κ3) is 2.16. The molecule has 0 aromatic heterocycles. The molecule has 6 heteroatoms. The fourth-order valence-corrected chi connectivity index (χ4v) is 4.68. The molecule has 22 heavy (non-hydrogen) atoms. The van der Waals surface area contributed by atoms with Crippen LogP contribution in [0, 0.1) is 16.7 Å². The minimum absolute atomic E-state index is 0.0104. The molecular weight excluding hydrogens is 288 g/mol. The summed E-state index contributed by atoms with van der Waals surface area (Å²) in [5.41, 5.74) is 0.183. The monoisotopic (exact) mass is 316 g/mol. The third-order valence-corrected chi connectivity index (χ3v) is 6.86. The Morgan fingerprint density at radius 1 is 1.09 bits per heavy atom. The number of fused-ring (bicyclic) bond motifs is 2. The van der Waals surface area contributed by atoms with Crippen LogP contribution in [-0.2, 0) is 9.47 Å². The van der Waals surface area contributed by atoms with E-state index in [1.807, 2.05) is 0 Å². The van der Waals surface area contributed by atoms with Gasteiger partial charge in [-0.25, -0.2) is 0 Å². The van der Waals surface area contributed by atoms with Gasteiger partial charge < -0.3 is 29.9 Å². The molecule has 2 bridgehead atoms. The molecule has 2 aliphatic carbocycles. The Balaban J connectivity index is 1.74. The first-order valence-corrected chi connectivity index (χ1v) is 8.18. The Morgan fingerprint density at radius 2 is 1.77 bits per heavy atom. The molecular formula is C16H28O6. The molecule has 4 unspecified atom stereocenters. The summed E-state index contributed by atoms with van der Waals surface area (Å²) in [4.78, 5) is 0. The maximum Gasteiger partial charge on any atom is 0.186 e. The second-order valence-corrected chi connectivity index (χ2v) is 7.93. The Kier molecular flexibility index (Phi) is 4.07. The molecule has 8 atom stereocenters. The van der Waals surface area contributed by atoms with E-state index in [0.29, 0.717) is 5.92 Å². The Morgan fingerprint density at radius 3 is 2.27 bits per heavy atom. The van der Waals surface area contributed by atoms with Gasteiger partial charge >= 0.3 is 0 Å². The van der Waals surface area contributed by atoms with E-state index in [4.69, 9.17) is 9.47 Å². The molecule has 1 saturated heterocycles. The van der Waals surface area contributed by atoms with E-state index in [1.165, 1.54) is 6.42 Å². The molecule has 0 aromatic carbocycles. The average molecular weight is 316 g/mol. The predicted octanol–water partition coefficient (Wildman–Crippen LogP) is 0.0177. The quantitative estimate of drug-likeness (QED) is 0.586. The number of hydrogen-bond donors (Lipinski definition) is 4. The maximum atomic E-state index is 10.1. The van der Waals surface area contributed by atoms with Gasteiger partial charge in [-0.3, -0.25) is 0 Å². The lowest BCUT2D eigenvalue weighted by molar-refractivity contribution is -0.319. The lowest BCUT2D eigenvalue weighted by Crippen LogP contribution is -2.60. The molecule has 3 fully saturated rings. The Labute approximate surface area is 131 Å². The zero-order valence-electron chi connectivity index (χ0n) is 13.5. The zero-order chi connectivity index (χ0) is 16.3. The van der Waals surface area contributed by atoms with Crippen LogP contribution in [0.1, 0.15) is 40.0 Å². The van der Waals surface area contributed by atoms with E-state index in [1.54, 1.807) is 0 Å². The topological polar surface area (TPSA) is 99.4 Å². The second kappa shape index (κ2) is 5.40. The summed E-state index contributed by atoms with van der Waals surface area (Å²) in [5, 5.41) is 39.1. The van der Waals surface area contributed by atoms with Crippen LogP contribution in [0.2, 0.25) is 0 Å². The number of aliphatic hydroxyl groups excluding tert-OH is 4. The maximum absolute atomic E-state index is 10.1. The standard InChI is InChI=1S/C16H28O6/c1-15(2)8-4-5-16(15,3)10(6-8)22-14-13(20)12(19)11(18)9(7-17)21-14/h8-14,17-20H,4-7H2,1-3H3/t8?,9-,10?,11-,12+,13-,14?,16?/m1/s1. The van der Waals surface area contributed by atoms with Crippen molar-refractivity contribution in [3.05, 3.63) is 0 Å². The van der Waals surface area contributed by atoms with Crippen molar-refractivity contribution in [2.24, 2.45) is 16.7 Å². The minimum Gasteiger partial charge on any atom is -0.394 e. The van der Waals surface area contributed by atoms with Crippen molar-refractivity contribution < 1.29 is 29.9 Å². The fourth-order valence-electron chi connectivity index (χ4n) is 4.68. The average Bonchev–Trinajstić information content (AvgIpc) is 2.81. The van der Waals surface area contributed by atoms with E-state index in [2.05, 4.69) is 20.8 Å². The summed E-state index contributed by atoms with van der Waals surface area (Å²) in [7, 11) is 0. The van der Waals surface area contributed by atoms with Crippen LogP contribution in [0.5, 0.6) is 0 Å². The van der Waals surface area contributed by atoms with Crippen molar-refractivity contribution in [2.75, 3.05) is 6.61 Å². The second-order valence-electron chi connectivity index (χ2n) is 7.93. The molecule has 0 radical (unpaired) electrons. The third-order valence-electron chi connectivity index (χ3n) is 6.86. The molecule has 1 heterocycles. The first-order chi connectivity index (χ1) is 10.2. The van der Waals surface area contributed by atoms with Crippen molar-refractivity contribution >= 4 is 0 Å². The van der Waals surface area contributed by atoms with E-state index in [0.717, 1.165) is 12.8 Å². The van der Waals surface area contributed by atoms with Gasteiger partial charge in [0.15, 0.2) is 6.29 Å². The number of aliphatic hydroxyl groups is 4. The molecule has 3 aliphatic rings. The van der Waals surface area contributed by atoms with Crippen molar-refractivity contribution in [3.63, 3.8) is 0 Å². The predicted molar refractivity (Wildman–Crippen MR) is 77.9 cm³/mol. The highest BCUT2D eigenvalue weighted by molar-refractivity contribution is 5.11. The molecule has 0 amide bonds. The minimum atomic E-state index is -1.38. The summed E-state index contributed by atoms with van der Waals surface area (Å²) in [6.07, 6.45) is -2.84. The van der Waals surface area contributed by atoms with Gasteiger partial charge in [-0.05, 0) is 36.0 Å². The largest absolute Gasteiger partial charge is 0.394 e. The van der Waals surface area contributed by atoms with E-state index >= 15 is 0 Å². The van der Waals surface area contributed by atoms with Crippen LogP contribution in [0.25, 0.3) is 0 Å². The fraction of sp³-hybridized carbons (Fsp3) is 1.00. The molecule has 0 spiro atoms. The van der Waals surface area contributed by atoms with Crippen LogP contribution in [0.3, 0.4) is 0 Å². The molecule has 4 N–H and O–H groups in total. The van der Waals surface area contributed by atoms with Crippen molar-refractivity contribution in [1.29, 1.82) is 0 Å². The van der Waals surface area contributed by atoms with E-state index in [-0.39, 0.29) is 16.9 Å². The van der Waals surface area contributed by atoms with Crippen molar-refractivity contribution in [3.8, 4) is 0 Å². The van der Waals surface area contributed by atoms with Crippen LogP contribution in [0.4, 0.5) is 0 Å². The van der Waals surface area contributed by atoms with Gasteiger partial charge in [-0.2, -0.15) is 0 Å². The molecule has 0 aromatic rings. The van der Waals surface area contributed by atoms with Crippen LogP contribution < -0.4 is 0 Å². The highest BCUT2D eigenvalue weighted by atomic mass is 16.7.